The van der Waals surface area contributed by atoms with Gasteiger partial charge in [-0.05, 0) is 61.2 Å². The van der Waals surface area contributed by atoms with E-state index in [2.05, 4.69) is 26.3 Å². The quantitative estimate of drug-likeness (QED) is 0.330. The zero-order chi connectivity index (χ0) is 27.9. The molecule has 40 heavy (non-hydrogen) atoms. The Balaban J connectivity index is 1.26. The summed E-state index contributed by atoms with van der Waals surface area (Å²) in [5.41, 5.74) is 2.70. The van der Waals surface area contributed by atoms with Gasteiger partial charge in [0.2, 0.25) is 5.91 Å². The van der Waals surface area contributed by atoms with Gasteiger partial charge in [0.25, 0.3) is 5.91 Å². The second-order valence-corrected chi connectivity index (χ2v) is 9.81. The summed E-state index contributed by atoms with van der Waals surface area (Å²) in [5, 5.41) is 12.8. The molecular weight excluding hydrogens is 506 g/mol. The van der Waals surface area contributed by atoms with Crippen LogP contribution in [0.2, 0.25) is 0 Å². The highest BCUT2D eigenvalue weighted by Crippen LogP contribution is 2.30. The number of ether oxygens (including phenoxy) is 1. The van der Waals surface area contributed by atoms with Gasteiger partial charge in [0.05, 0.1) is 23.6 Å². The van der Waals surface area contributed by atoms with Crippen LogP contribution >= 0.6 is 0 Å². The Bertz CT molecular complexity index is 1540. The molecule has 2 aromatic carbocycles. The first-order valence-electron chi connectivity index (χ1n) is 13.3. The number of hydrogen-bond acceptors (Lipinski definition) is 7. The highest BCUT2D eigenvalue weighted by molar-refractivity contribution is 5.96. The number of hydrogen-bond donors (Lipinski definition) is 2. The van der Waals surface area contributed by atoms with Crippen LogP contribution in [0, 0.1) is 17.2 Å². The van der Waals surface area contributed by atoms with E-state index >= 15 is 0 Å². The number of rotatable bonds is 9. The molecule has 0 spiro atoms. The number of benzene rings is 2. The number of carbonyl (C=O) groups excluding carboxylic acids is 2. The molecule has 2 N–H and O–H groups in total. The van der Waals surface area contributed by atoms with Crippen LogP contribution in [0.1, 0.15) is 35.7 Å². The van der Waals surface area contributed by atoms with Gasteiger partial charge in [-0.3, -0.25) is 9.59 Å². The van der Waals surface area contributed by atoms with Crippen LogP contribution in [-0.4, -0.2) is 64.5 Å². The van der Waals surface area contributed by atoms with E-state index in [1.165, 1.54) is 13.3 Å². The van der Waals surface area contributed by atoms with Crippen molar-refractivity contribution < 1.29 is 14.3 Å². The van der Waals surface area contributed by atoms with E-state index in [1.54, 1.807) is 12.1 Å². The number of H-pyrrole nitrogens is 1. The average molecular weight is 538 g/mol. The number of likely N-dealkylation sites (tertiary alicyclic amines) is 1. The maximum absolute atomic E-state index is 13.5. The first-order chi connectivity index (χ1) is 19.5. The summed E-state index contributed by atoms with van der Waals surface area (Å²) in [7, 11) is 0. The summed E-state index contributed by atoms with van der Waals surface area (Å²) in [6.07, 6.45) is 5.01. The van der Waals surface area contributed by atoms with E-state index in [1.807, 2.05) is 58.5 Å². The predicted molar refractivity (Wildman–Crippen MR) is 151 cm³/mol. The Hall–Kier alpha value is -4.91. The molecule has 1 aliphatic rings. The smallest absolute Gasteiger partial charge is 0.253 e. The van der Waals surface area contributed by atoms with Crippen LogP contribution in [-0.2, 0) is 4.79 Å². The van der Waals surface area contributed by atoms with Gasteiger partial charge in [0, 0.05) is 50.6 Å². The topological polar surface area (TPSA) is 127 Å². The molecule has 10 nitrogen and oxygen atoms in total. The molecule has 10 heteroatoms. The molecule has 0 aliphatic carbocycles. The molecule has 1 saturated heterocycles. The standard InChI is InChI=1S/C30H31N7O3/c1-21(38)32-12-15-37(29-27-8-11-33-28(27)34-20-35-29)25-6-3-5-24(17-25)30(39)36-13-9-22(10-14-36)19-40-26-7-2-4-23(16-26)18-31/h2-8,11,16-17,20,22H,9-10,12-15,19H2,1H3,(H,32,38)(H,33,34,35). The van der Waals surface area contributed by atoms with Gasteiger partial charge in [-0.15, -0.1) is 0 Å². The Labute approximate surface area is 232 Å². The summed E-state index contributed by atoms with van der Waals surface area (Å²) in [4.78, 5) is 40.8. The Kier molecular flexibility index (Phi) is 8.21. The van der Waals surface area contributed by atoms with Crippen molar-refractivity contribution in [2.75, 3.05) is 37.7 Å². The Morgan fingerprint density at radius 1 is 1.15 bits per heavy atom. The van der Waals surface area contributed by atoms with Gasteiger partial charge in [-0.1, -0.05) is 12.1 Å². The number of fused-ring (bicyclic) bond motifs is 1. The maximum Gasteiger partial charge on any atom is 0.253 e. The van der Waals surface area contributed by atoms with Crippen LogP contribution < -0.4 is 15.0 Å². The molecule has 204 valence electrons. The van der Waals surface area contributed by atoms with E-state index in [-0.39, 0.29) is 11.8 Å². The van der Waals surface area contributed by atoms with Crippen LogP contribution in [0.5, 0.6) is 5.75 Å². The summed E-state index contributed by atoms with van der Waals surface area (Å²) < 4.78 is 5.93. The SMILES string of the molecule is CC(=O)NCCN(c1cccc(C(=O)N2CCC(COc3cccc(C#N)c3)CC2)c1)c1ncnc2[nH]ccc12. The maximum atomic E-state index is 13.5. The van der Waals surface area contributed by atoms with Crippen molar-refractivity contribution in [3.8, 4) is 11.8 Å². The third-order valence-electron chi connectivity index (χ3n) is 7.05. The van der Waals surface area contributed by atoms with Crippen molar-refractivity contribution >= 4 is 34.4 Å². The van der Waals surface area contributed by atoms with E-state index in [0.717, 1.165) is 23.9 Å². The lowest BCUT2D eigenvalue weighted by atomic mass is 9.97. The molecule has 3 heterocycles. The summed E-state index contributed by atoms with van der Waals surface area (Å²) in [5.74, 6) is 1.61. The minimum Gasteiger partial charge on any atom is -0.493 e. The minimum atomic E-state index is -0.108. The molecule has 2 amide bonds. The fourth-order valence-electron chi connectivity index (χ4n) is 4.94. The van der Waals surface area contributed by atoms with E-state index < -0.39 is 0 Å². The van der Waals surface area contributed by atoms with Gasteiger partial charge in [0.15, 0.2) is 0 Å². The van der Waals surface area contributed by atoms with Gasteiger partial charge in [0.1, 0.15) is 23.5 Å². The van der Waals surface area contributed by atoms with Crippen molar-refractivity contribution in [2.24, 2.45) is 5.92 Å². The average Bonchev–Trinajstić information content (AvgIpc) is 3.48. The molecule has 1 aliphatic heterocycles. The predicted octanol–water partition coefficient (Wildman–Crippen LogP) is 4.03. The molecule has 4 aromatic rings. The molecule has 5 rings (SSSR count). The van der Waals surface area contributed by atoms with Crippen molar-refractivity contribution in [2.45, 2.75) is 19.8 Å². The van der Waals surface area contributed by atoms with E-state index in [4.69, 9.17) is 10.00 Å². The van der Waals surface area contributed by atoms with E-state index in [9.17, 15) is 9.59 Å². The summed E-state index contributed by atoms with van der Waals surface area (Å²) >= 11 is 0. The number of aromatic nitrogens is 3. The number of nitrogens with zero attached hydrogens (tertiary/aromatic N) is 5. The van der Waals surface area contributed by atoms with E-state index in [0.29, 0.717) is 67.0 Å². The molecule has 2 aromatic heterocycles. The van der Waals surface area contributed by atoms with Gasteiger partial charge < -0.3 is 24.8 Å². The zero-order valence-electron chi connectivity index (χ0n) is 22.3. The number of anilines is 2. The van der Waals surface area contributed by atoms with Gasteiger partial charge >= 0.3 is 0 Å². The fraction of sp³-hybridized carbons (Fsp3) is 0.300. The number of carbonyl (C=O) groups is 2. The van der Waals surface area contributed by atoms with Crippen molar-refractivity contribution in [1.82, 2.24) is 25.2 Å². The molecule has 1 fully saturated rings. The lowest BCUT2D eigenvalue weighted by Gasteiger charge is -2.32. The zero-order valence-corrected chi connectivity index (χ0v) is 22.3. The number of aromatic amines is 1. The third kappa shape index (κ3) is 6.21. The second kappa shape index (κ2) is 12.3. The Morgan fingerprint density at radius 3 is 2.77 bits per heavy atom. The third-order valence-corrected chi connectivity index (χ3v) is 7.05. The van der Waals surface area contributed by atoms with Crippen molar-refractivity contribution in [3.05, 3.63) is 78.2 Å². The number of nitriles is 1. The second-order valence-electron chi connectivity index (χ2n) is 9.81. The molecule has 0 atom stereocenters. The Morgan fingerprint density at radius 2 is 1.98 bits per heavy atom. The lowest BCUT2D eigenvalue weighted by molar-refractivity contribution is -0.118. The number of nitrogens with one attached hydrogen (secondary N) is 2. The number of piperidine rings is 1. The summed E-state index contributed by atoms with van der Waals surface area (Å²) in [6.45, 7) is 4.23. The van der Waals surface area contributed by atoms with Crippen molar-refractivity contribution in [1.29, 1.82) is 5.26 Å². The minimum absolute atomic E-state index is 0.0146. The molecular formula is C30H31N7O3. The molecule has 0 unspecified atom stereocenters. The number of amides is 2. The lowest BCUT2D eigenvalue weighted by Crippen LogP contribution is -2.39. The van der Waals surface area contributed by atoms with Crippen LogP contribution in [0.4, 0.5) is 11.5 Å². The van der Waals surface area contributed by atoms with Crippen LogP contribution in [0.15, 0.2) is 67.1 Å². The van der Waals surface area contributed by atoms with Crippen LogP contribution in [0.3, 0.4) is 0 Å². The largest absolute Gasteiger partial charge is 0.493 e. The first kappa shape index (κ1) is 26.7. The monoisotopic (exact) mass is 537 g/mol. The highest BCUT2D eigenvalue weighted by atomic mass is 16.5. The van der Waals surface area contributed by atoms with Crippen LogP contribution in [0.25, 0.3) is 11.0 Å². The van der Waals surface area contributed by atoms with Crippen molar-refractivity contribution in [3.63, 3.8) is 0 Å². The van der Waals surface area contributed by atoms with Gasteiger partial charge in [-0.25, -0.2) is 9.97 Å². The van der Waals surface area contributed by atoms with Gasteiger partial charge in [-0.2, -0.15) is 5.26 Å². The normalized spacial score (nSPS) is 13.6. The first-order valence-corrected chi connectivity index (χ1v) is 13.3. The summed E-state index contributed by atoms with van der Waals surface area (Å²) in [6, 6.07) is 18.7. The highest BCUT2D eigenvalue weighted by Gasteiger charge is 2.25. The molecule has 0 radical (unpaired) electrons. The molecule has 0 bridgehead atoms. The fourth-order valence-corrected chi connectivity index (χ4v) is 4.94. The molecule has 0 saturated carbocycles.